The van der Waals surface area contributed by atoms with Crippen LogP contribution in [0.1, 0.15) is 13.8 Å². The van der Waals surface area contributed by atoms with Crippen molar-refractivity contribution in [3.05, 3.63) is 27.1 Å². The molecule has 2 aromatic rings. The number of nitrogens with one attached hydrogen (secondary N) is 2. The molecule has 1 aromatic heterocycles. The van der Waals surface area contributed by atoms with Gasteiger partial charge in [0.25, 0.3) is 0 Å². The van der Waals surface area contributed by atoms with Gasteiger partial charge in [-0.3, -0.25) is 0 Å². The molecule has 0 radical (unpaired) electrons. The van der Waals surface area contributed by atoms with Crippen molar-refractivity contribution in [2.24, 2.45) is 0 Å². The zero-order valence-electron chi connectivity index (χ0n) is 11.8. The summed E-state index contributed by atoms with van der Waals surface area (Å²) in [7, 11) is 1.74. The number of benzene rings is 1. The molecule has 1 heterocycles. The highest BCUT2D eigenvalue weighted by atomic mass is 79.9. The summed E-state index contributed by atoms with van der Waals surface area (Å²) in [5, 5.41) is 6.04. The molecule has 8 heteroatoms. The van der Waals surface area contributed by atoms with E-state index in [-0.39, 0.29) is 12.1 Å². The minimum Gasteiger partial charge on any atom is -0.461 e. The van der Waals surface area contributed by atoms with Crippen LogP contribution in [0.25, 0.3) is 0 Å². The first-order valence-electron chi connectivity index (χ1n) is 6.31. The maximum Gasteiger partial charge on any atom is 0.323 e. The van der Waals surface area contributed by atoms with Crippen LogP contribution in [0.5, 0.6) is 6.01 Å². The fourth-order valence-corrected chi connectivity index (χ4v) is 2.71. The Morgan fingerprint density at radius 1 is 1.05 bits per heavy atom. The second-order valence-electron chi connectivity index (χ2n) is 4.40. The van der Waals surface area contributed by atoms with Crippen LogP contribution >= 0.6 is 31.9 Å². The molecular weight excluding hydrogens is 402 g/mol. The van der Waals surface area contributed by atoms with Crippen LogP contribution in [0.2, 0.25) is 0 Å². The first-order chi connectivity index (χ1) is 9.99. The largest absolute Gasteiger partial charge is 0.461 e. The summed E-state index contributed by atoms with van der Waals surface area (Å²) in [6.45, 7) is 3.83. The number of para-hydroxylation sites is 1. The fourth-order valence-electron chi connectivity index (χ4n) is 1.52. The summed E-state index contributed by atoms with van der Waals surface area (Å²) in [5.41, 5.74) is 0.834. The topological polar surface area (TPSA) is 72.0 Å². The molecule has 0 aliphatic rings. The minimum atomic E-state index is -0.0137. The number of anilines is 3. The first kappa shape index (κ1) is 16.0. The van der Waals surface area contributed by atoms with Gasteiger partial charge in [0.15, 0.2) is 0 Å². The quantitative estimate of drug-likeness (QED) is 0.768. The Balaban J connectivity index is 2.35. The van der Waals surface area contributed by atoms with Gasteiger partial charge in [0, 0.05) is 16.0 Å². The molecule has 0 unspecified atom stereocenters. The molecule has 0 bridgehead atoms. The fraction of sp³-hybridized carbons (Fsp3) is 0.308. The van der Waals surface area contributed by atoms with E-state index in [0.717, 1.165) is 14.6 Å². The van der Waals surface area contributed by atoms with Crippen molar-refractivity contribution in [3.63, 3.8) is 0 Å². The van der Waals surface area contributed by atoms with E-state index in [1.165, 1.54) is 0 Å². The lowest BCUT2D eigenvalue weighted by Gasteiger charge is -2.12. The average Bonchev–Trinajstić information content (AvgIpc) is 2.42. The van der Waals surface area contributed by atoms with Gasteiger partial charge in [0.2, 0.25) is 11.9 Å². The van der Waals surface area contributed by atoms with Crippen molar-refractivity contribution in [3.8, 4) is 6.01 Å². The molecule has 6 nitrogen and oxygen atoms in total. The normalized spacial score (nSPS) is 10.6. The van der Waals surface area contributed by atoms with E-state index in [0.29, 0.717) is 11.9 Å². The van der Waals surface area contributed by atoms with Gasteiger partial charge in [-0.25, -0.2) is 0 Å². The van der Waals surface area contributed by atoms with Gasteiger partial charge in [0.1, 0.15) is 0 Å². The van der Waals surface area contributed by atoms with Crippen molar-refractivity contribution in [1.82, 2.24) is 15.0 Å². The molecule has 0 aliphatic heterocycles. The zero-order valence-corrected chi connectivity index (χ0v) is 15.0. The Bertz CT molecular complexity index is 616. The standard InChI is InChI=1S/C13H15Br2N5O/c1-7(2)21-13-19-11(16-3)18-12(20-13)17-10-8(14)5-4-6-9(10)15/h4-7H,1-3H3,(H2,16,17,18,19,20). The summed E-state index contributed by atoms with van der Waals surface area (Å²) in [4.78, 5) is 12.7. The lowest BCUT2D eigenvalue weighted by molar-refractivity contribution is 0.222. The summed E-state index contributed by atoms with van der Waals surface area (Å²) in [5.74, 6) is 0.837. The molecule has 0 saturated heterocycles. The Morgan fingerprint density at radius 2 is 1.67 bits per heavy atom. The molecule has 0 fully saturated rings. The van der Waals surface area contributed by atoms with E-state index >= 15 is 0 Å². The van der Waals surface area contributed by atoms with Crippen LogP contribution in [0.4, 0.5) is 17.6 Å². The van der Waals surface area contributed by atoms with Gasteiger partial charge in [-0.15, -0.1) is 0 Å². The van der Waals surface area contributed by atoms with E-state index in [2.05, 4.69) is 57.4 Å². The molecule has 1 aromatic carbocycles. The lowest BCUT2D eigenvalue weighted by Crippen LogP contribution is -2.12. The third kappa shape index (κ3) is 4.28. The second-order valence-corrected chi connectivity index (χ2v) is 6.11. The Hall–Kier alpha value is -1.41. The third-order valence-electron chi connectivity index (χ3n) is 2.38. The van der Waals surface area contributed by atoms with Crippen LogP contribution in [0.3, 0.4) is 0 Å². The highest BCUT2D eigenvalue weighted by molar-refractivity contribution is 9.11. The predicted octanol–water partition coefficient (Wildman–Crippen LogP) is 3.97. The van der Waals surface area contributed by atoms with Gasteiger partial charge >= 0.3 is 6.01 Å². The summed E-state index contributed by atoms with van der Waals surface area (Å²) >= 11 is 6.98. The van der Waals surface area contributed by atoms with Crippen LogP contribution in [-0.2, 0) is 0 Å². The predicted molar refractivity (Wildman–Crippen MR) is 90.3 cm³/mol. The molecule has 0 amide bonds. The van der Waals surface area contributed by atoms with Gasteiger partial charge in [-0.2, -0.15) is 15.0 Å². The Labute approximate surface area is 140 Å². The molecule has 2 rings (SSSR count). The van der Waals surface area contributed by atoms with E-state index in [1.54, 1.807) is 7.05 Å². The molecule has 0 atom stereocenters. The first-order valence-corrected chi connectivity index (χ1v) is 7.89. The smallest absolute Gasteiger partial charge is 0.323 e. The molecule has 21 heavy (non-hydrogen) atoms. The molecular formula is C13H15Br2N5O. The van der Waals surface area contributed by atoms with Crippen LogP contribution < -0.4 is 15.4 Å². The van der Waals surface area contributed by atoms with Crippen LogP contribution in [0.15, 0.2) is 27.1 Å². The van der Waals surface area contributed by atoms with Gasteiger partial charge < -0.3 is 15.4 Å². The van der Waals surface area contributed by atoms with E-state index in [4.69, 9.17) is 4.74 Å². The zero-order chi connectivity index (χ0) is 15.4. The highest BCUT2D eigenvalue weighted by Gasteiger charge is 2.11. The number of aromatic nitrogens is 3. The van der Waals surface area contributed by atoms with Crippen molar-refractivity contribution in [1.29, 1.82) is 0 Å². The number of halogens is 2. The Kier molecular flexibility index (Phi) is 5.35. The molecule has 0 spiro atoms. The van der Waals surface area contributed by atoms with Crippen LogP contribution in [0, 0.1) is 0 Å². The summed E-state index contributed by atoms with van der Waals surface area (Å²) in [6.07, 6.45) is -0.0137. The molecule has 2 N–H and O–H groups in total. The molecule has 112 valence electrons. The maximum absolute atomic E-state index is 5.53. The number of hydrogen-bond donors (Lipinski definition) is 2. The number of hydrogen-bond acceptors (Lipinski definition) is 6. The highest BCUT2D eigenvalue weighted by Crippen LogP contribution is 2.32. The SMILES string of the molecule is CNc1nc(Nc2c(Br)cccc2Br)nc(OC(C)C)n1. The minimum absolute atomic E-state index is 0.0137. The van der Waals surface area contributed by atoms with E-state index in [9.17, 15) is 0 Å². The van der Waals surface area contributed by atoms with Crippen molar-refractivity contribution >= 4 is 49.4 Å². The summed E-state index contributed by atoms with van der Waals surface area (Å²) < 4.78 is 7.33. The van der Waals surface area contributed by atoms with E-state index in [1.807, 2.05) is 32.0 Å². The van der Waals surface area contributed by atoms with Gasteiger partial charge in [0.05, 0.1) is 11.8 Å². The monoisotopic (exact) mass is 415 g/mol. The van der Waals surface area contributed by atoms with Crippen molar-refractivity contribution in [2.75, 3.05) is 17.7 Å². The lowest BCUT2D eigenvalue weighted by atomic mass is 10.3. The number of nitrogens with zero attached hydrogens (tertiary/aromatic N) is 3. The second kappa shape index (κ2) is 7.04. The molecule has 0 saturated carbocycles. The number of rotatable bonds is 5. The van der Waals surface area contributed by atoms with Gasteiger partial charge in [-0.1, -0.05) is 6.07 Å². The van der Waals surface area contributed by atoms with Gasteiger partial charge in [-0.05, 0) is 57.8 Å². The number of ether oxygens (including phenoxy) is 1. The van der Waals surface area contributed by atoms with E-state index < -0.39 is 0 Å². The maximum atomic E-state index is 5.53. The average molecular weight is 417 g/mol. The molecule has 0 aliphatic carbocycles. The van der Waals surface area contributed by atoms with Crippen molar-refractivity contribution in [2.45, 2.75) is 20.0 Å². The van der Waals surface area contributed by atoms with Crippen LogP contribution in [-0.4, -0.2) is 28.1 Å². The Morgan fingerprint density at radius 3 is 2.24 bits per heavy atom. The summed E-state index contributed by atoms with van der Waals surface area (Å²) in [6, 6.07) is 6.06. The third-order valence-corrected chi connectivity index (χ3v) is 3.70. The van der Waals surface area contributed by atoms with Crippen molar-refractivity contribution < 1.29 is 4.74 Å².